The average Bonchev–Trinajstić information content (AvgIpc) is 2.46. The molecule has 0 saturated carbocycles. The maximum Gasteiger partial charge on any atom is 0.325 e. The van der Waals surface area contributed by atoms with Crippen LogP contribution in [0.4, 0.5) is 0 Å². The van der Waals surface area contributed by atoms with E-state index in [4.69, 9.17) is 16.3 Å². The molecule has 4 nitrogen and oxygen atoms in total. The Balaban J connectivity index is 2.68. The van der Waals surface area contributed by atoms with Gasteiger partial charge in [-0.3, -0.25) is 4.79 Å². The van der Waals surface area contributed by atoms with Crippen LogP contribution >= 0.6 is 23.4 Å². The minimum Gasteiger partial charge on any atom is -0.468 e. The average molecular weight is 331 g/mol. The van der Waals surface area contributed by atoms with Gasteiger partial charge in [-0.1, -0.05) is 25.4 Å². The highest BCUT2D eigenvalue weighted by atomic mass is 35.5. The summed E-state index contributed by atoms with van der Waals surface area (Å²) in [5.74, 6) is -0.229. The van der Waals surface area contributed by atoms with Crippen LogP contribution in [0.5, 0.6) is 0 Å². The van der Waals surface area contributed by atoms with Gasteiger partial charge in [-0.05, 0) is 38.4 Å². The van der Waals surface area contributed by atoms with E-state index in [9.17, 15) is 4.79 Å². The Hall–Kier alpha value is -0.780. The molecular formula is C15H23ClN2O2S. The van der Waals surface area contributed by atoms with Crippen LogP contribution in [0.15, 0.2) is 23.4 Å². The number of methoxy groups -OCH3 is 1. The summed E-state index contributed by atoms with van der Waals surface area (Å²) in [5.41, 5.74) is -0.677. The Morgan fingerprint density at radius 2 is 2.29 bits per heavy atom. The SMILES string of the molecule is CCCNC(C)(CC(C)Sc1ccc(Cl)cn1)C(=O)OC. The molecule has 0 amide bonds. The van der Waals surface area contributed by atoms with Crippen LogP contribution in [0.25, 0.3) is 0 Å². The zero-order valence-corrected chi connectivity index (χ0v) is 14.6. The molecule has 1 heterocycles. The third-order valence-corrected chi connectivity index (χ3v) is 4.39. The second-order valence-corrected chi connectivity index (χ2v) is 7.09. The molecule has 6 heteroatoms. The van der Waals surface area contributed by atoms with Crippen LogP contribution in [0.1, 0.15) is 33.6 Å². The molecule has 1 rings (SSSR count). The zero-order chi connectivity index (χ0) is 15.9. The number of ether oxygens (including phenoxy) is 1. The number of pyridine rings is 1. The van der Waals surface area contributed by atoms with Crippen molar-refractivity contribution in [2.45, 2.75) is 49.4 Å². The van der Waals surface area contributed by atoms with Crippen LogP contribution in [-0.2, 0) is 9.53 Å². The standard InChI is InChI=1S/C15H23ClN2O2S/c1-5-8-18-15(3,14(19)20-4)9-11(2)21-13-7-6-12(16)10-17-13/h6-7,10-11,18H,5,8-9H2,1-4H3. The van der Waals surface area contributed by atoms with Gasteiger partial charge < -0.3 is 10.1 Å². The molecule has 1 N–H and O–H groups in total. The van der Waals surface area contributed by atoms with E-state index in [0.717, 1.165) is 18.0 Å². The fourth-order valence-electron chi connectivity index (χ4n) is 2.11. The van der Waals surface area contributed by atoms with Gasteiger partial charge in [0.05, 0.1) is 17.2 Å². The van der Waals surface area contributed by atoms with Crippen molar-refractivity contribution in [2.75, 3.05) is 13.7 Å². The van der Waals surface area contributed by atoms with Crippen molar-refractivity contribution in [3.63, 3.8) is 0 Å². The van der Waals surface area contributed by atoms with E-state index < -0.39 is 5.54 Å². The lowest BCUT2D eigenvalue weighted by atomic mass is 9.96. The highest BCUT2D eigenvalue weighted by molar-refractivity contribution is 7.99. The van der Waals surface area contributed by atoms with Crippen molar-refractivity contribution in [2.24, 2.45) is 0 Å². The minimum atomic E-state index is -0.677. The van der Waals surface area contributed by atoms with E-state index in [2.05, 4.69) is 24.1 Å². The first-order valence-corrected chi connectivity index (χ1v) is 8.28. The molecule has 1 aromatic rings. The molecule has 0 aliphatic rings. The van der Waals surface area contributed by atoms with E-state index in [1.54, 1.807) is 18.0 Å². The topological polar surface area (TPSA) is 51.2 Å². The Morgan fingerprint density at radius 1 is 1.57 bits per heavy atom. The number of aromatic nitrogens is 1. The number of nitrogens with zero attached hydrogens (tertiary/aromatic N) is 1. The summed E-state index contributed by atoms with van der Waals surface area (Å²) in [6.07, 6.45) is 3.26. The summed E-state index contributed by atoms with van der Waals surface area (Å²) in [4.78, 5) is 16.3. The Labute approximate surface area is 136 Å². The van der Waals surface area contributed by atoms with E-state index >= 15 is 0 Å². The largest absolute Gasteiger partial charge is 0.468 e. The van der Waals surface area contributed by atoms with E-state index in [1.165, 1.54) is 7.11 Å². The van der Waals surface area contributed by atoms with Gasteiger partial charge >= 0.3 is 5.97 Å². The summed E-state index contributed by atoms with van der Waals surface area (Å²) < 4.78 is 4.94. The molecule has 0 aromatic carbocycles. The lowest BCUT2D eigenvalue weighted by Crippen LogP contribution is -2.51. The van der Waals surface area contributed by atoms with Crippen LogP contribution in [0.2, 0.25) is 5.02 Å². The van der Waals surface area contributed by atoms with Crippen molar-refractivity contribution in [3.05, 3.63) is 23.4 Å². The van der Waals surface area contributed by atoms with Crippen LogP contribution < -0.4 is 5.32 Å². The number of rotatable bonds is 8. The maximum absolute atomic E-state index is 12.0. The van der Waals surface area contributed by atoms with Crippen molar-refractivity contribution in [1.29, 1.82) is 0 Å². The number of esters is 1. The summed E-state index contributed by atoms with van der Waals surface area (Å²) in [6, 6.07) is 3.71. The first-order chi connectivity index (χ1) is 9.91. The number of thioether (sulfide) groups is 1. The summed E-state index contributed by atoms with van der Waals surface area (Å²) in [7, 11) is 1.42. The molecule has 0 aliphatic heterocycles. The van der Waals surface area contributed by atoms with E-state index in [1.807, 2.05) is 19.1 Å². The number of carbonyl (C=O) groups excluding carboxylic acids is 1. The second-order valence-electron chi connectivity index (χ2n) is 5.20. The van der Waals surface area contributed by atoms with Crippen molar-refractivity contribution in [1.82, 2.24) is 10.3 Å². The second kappa shape index (κ2) is 8.61. The molecule has 0 spiro atoms. The molecular weight excluding hydrogens is 308 g/mol. The monoisotopic (exact) mass is 330 g/mol. The molecule has 2 atom stereocenters. The molecule has 1 aromatic heterocycles. The normalized spacial score (nSPS) is 15.3. The predicted molar refractivity (Wildman–Crippen MR) is 87.9 cm³/mol. The number of hydrogen-bond donors (Lipinski definition) is 1. The molecule has 0 saturated heterocycles. The van der Waals surface area contributed by atoms with E-state index in [-0.39, 0.29) is 11.2 Å². The maximum atomic E-state index is 12.0. The summed E-state index contributed by atoms with van der Waals surface area (Å²) in [5, 5.41) is 5.03. The number of hydrogen-bond acceptors (Lipinski definition) is 5. The zero-order valence-electron chi connectivity index (χ0n) is 13.0. The van der Waals surface area contributed by atoms with Crippen LogP contribution in [-0.4, -0.2) is 35.4 Å². The smallest absolute Gasteiger partial charge is 0.325 e. The first-order valence-electron chi connectivity index (χ1n) is 7.03. The van der Waals surface area contributed by atoms with Crippen LogP contribution in [0.3, 0.4) is 0 Å². The Kier molecular flexibility index (Phi) is 7.49. The number of nitrogens with one attached hydrogen (secondary N) is 1. The van der Waals surface area contributed by atoms with Gasteiger partial charge in [0.1, 0.15) is 5.54 Å². The molecule has 0 fully saturated rings. The molecule has 0 radical (unpaired) electrons. The number of carbonyl (C=O) groups is 1. The first kappa shape index (κ1) is 18.3. The van der Waals surface area contributed by atoms with Gasteiger partial charge in [0.25, 0.3) is 0 Å². The predicted octanol–water partition coefficient (Wildman–Crippen LogP) is 3.54. The van der Waals surface area contributed by atoms with Gasteiger partial charge in [0.2, 0.25) is 0 Å². The molecule has 21 heavy (non-hydrogen) atoms. The molecule has 0 aliphatic carbocycles. The van der Waals surface area contributed by atoms with Crippen LogP contribution in [0, 0.1) is 0 Å². The summed E-state index contributed by atoms with van der Waals surface area (Å²) in [6.45, 7) is 6.82. The highest BCUT2D eigenvalue weighted by Gasteiger charge is 2.35. The third kappa shape index (κ3) is 5.85. The molecule has 118 valence electrons. The van der Waals surface area contributed by atoms with Gasteiger partial charge in [-0.25, -0.2) is 4.98 Å². The quantitative estimate of drug-likeness (QED) is 0.583. The van der Waals surface area contributed by atoms with Gasteiger partial charge in [0.15, 0.2) is 0 Å². The number of halogens is 1. The van der Waals surface area contributed by atoms with E-state index in [0.29, 0.717) is 11.4 Å². The van der Waals surface area contributed by atoms with Gasteiger partial charge in [-0.2, -0.15) is 0 Å². The van der Waals surface area contributed by atoms with Gasteiger partial charge in [0, 0.05) is 11.4 Å². The highest BCUT2D eigenvalue weighted by Crippen LogP contribution is 2.28. The molecule has 0 bridgehead atoms. The Morgan fingerprint density at radius 3 is 2.81 bits per heavy atom. The third-order valence-electron chi connectivity index (χ3n) is 3.12. The fraction of sp³-hybridized carbons (Fsp3) is 0.600. The minimum absolute atomic E-state index is 0.215. The Bertz CT molecular complexity index is 455. The van der Waals surface area contributed by atoms with Crippen molar-refractivity contribution < 1.29 is 9.53 Å². The van der Waals surface area contributed by atoms with Crippen molar-refractivity contribution in [3.8, 4) is 0 Å². The summed E-state index contributed by atoms with van der Waals surface area (Å²) >= 11 is 7.45. The van der Waals surface area contributed by atoms with Crippen molar-refractivity contribution >= 4 is 29.3 Å². The fourth-order valence-corrected chi connectivity index (χ4v) is 3.31. The lowest BCUT2D eigenvalue weighted by Gasteiger charge is -2.30. The molecule has 2 unspecified atom stereocenters. The lowest BCUT2D eigenvalue weighted by molar-refractivity contribution is -0.148. The van der Waals surface area contributed by atoms with Gasteiger partial charge in [-0.15, -0.1) is 11.8 Å².